The number of likely N-dealkylation sites (tertiary alicyclic amines) is 1. The van der Waals surface area contributed by atoms with Crippen LogP contribution in [0.3, 0.4) is 0 Å². The van der Waals surface area contributed by atoms with Crippen LogP contribution in [0, 0.1) is 0 Å². The lowest BCUT2D eigenvalue weighted by molar-refractivity contribution is 0.175. The van der Waals surface area contributed by atoms with Gasteiger partial charge in [-0.05, 0) is 68.2 Å². The SMILES string of the molecule is CN1CCCC1C1c2ccccc2CCN1S(=O)(=O)c1ccc(Br)cc1. The summed E-state index contributed by atoms with van der Waals surface area (Å²) in [5, 5.41) is 0. The molecule has 0 saturated carbocycles. The molecule has 2 aromatic carbocycles. The van der Waals surface area contributed by atoms with E-state index in [0.29, 0.717) is 11.4 Å². The molecule has 1 saturated heterocycles. The molecule has 0 bridgehead atoms. The molecular formula is C20H23BrN2O2S. The van der Waals surface area contributed by atoms with E-state index in [9.17, 15) is 8.42 Å². The van der Waals surface area contributed by atoms with Crippen molar-refractivity contribution >= 4 is 26.0 Å². The molecule has 0 radical (unpaired) electrons. The van der Waals surface area contributed by atoms with Crippen LogP contribution in [0.15, 0.2) is 57.9 Å². The van der Waals surface area contributed by atoms with E-state index >= 15 is 0 Å². The molecule has 6 heteroatoms. The van der Waals surface area contributed by atoms with Gasteiger partial charge in [0.15, 0.2) is 0 Å². The normalized spacial score (nSPS) is 24.5. The number of fused-ring (bicyclic) bond motifs is 1. The molecule has 0 amide bonds. The number of hydrogen-bond donors (Lipinski definition) is 0. The number of sulfonamides is 1. The quantitative estimate of drug-likeness (QED) is 0.736. The van der Waals surface area contributed by atoms with E-state index in [1.165, 1.54) is 5.56 Å². The van der Waals surface area contributed by atoms with Crippen molar-refractivity contribution in [3.05, 3.63) is 64.1 Å². The van der Waals surface area contributed by atoms with Gasteiger partial charge in [0, 0.05) is 17.1 Å². The Hall–Kier alpha value is -1.21. The minimum atomic E-state index is -3.55. The number of nitrogens with zero attached hydrogens (tertiary/aromatic N) is 2. The molecule has 138 valence electrons. The molecule has 4 nitrogen and oxygen atoms in total. The average Bonchev–Trinajstić information content (AvgIpc) is 3.06. The Morgan fingerprint density at radius 3 is 2.46 bits per heavy atom. The fraction of sp³-hybridized carbons (Fsp3) is 0.400. The Morgan fingerprint density at radius 1 is 1.04 bits per heavy atom. The summed E-state index contributed by atoms with van der Waals surface area (Å²) in [4.78, 5) is 2.68. The van der Waals surface area contributed by atoms with Crippen molar-refractivity contribution in [2.45, 2.75) is 36.2 Å². The van der Waals surface area contributed by atoms with E-state index in [0.717, 1.165) is 35.8 Å². The Bertz CT molecular complexity index is 898. The van der Waals surface area contributed by atoms with E-state index in [1.54, 1.807) is 28.6 Å². The van der Waals surface area contributed by atoms with E-state index in [4.69, 9.17) is 0 Å². The summed E-state index contributed by atoms with van der Waals surface area (Å²) in [5.41, 5.74) is 2.44. The highest BCUT2D eigenvalue weighted by Gasteiger charge is 2.43. The first-order valence-corrected chi connectivity index (χ1v) is 11.3. The third-order valence-corrected chi connectivity index (χ3v) is 8.07. The molecule has 2 aliphatic rings. The maximum atomic E-state index is 13.5. The highest BCUT2D eigenvalue weighted by molar-refractivity contribution is 9.10. The Morgan fingerprint density at radius 2 is 1.77 bits per heavy atom. The average molecular weight is 435 g/mol. The molecule has 0 aromatic heterocycles. The standard InChI is InChI=1S/C20H23BrN2O2S/c1-22-13-4-7-19(22)20-18-6-3-2-5-15(18)12-14-23(20)26(24,25)17-10-8-16(21)9-11-17/h2-3,5-6,8-11,19-20H,4,7,12-14H2,1H3. The number of benzene rings is 2. The lowest BCUT2D eigenvalue weighted by Gasteiger charge is -2.41. The van der Waals surface area contributed by atoms with Gasteiger partial charge < -0.3 is 4.90 Å². The molecule has 0 aliphatic carbocycles. The number of hydrogen-bond acceptors (Lipinski definition) is 3. The number of rotatable bonds is 3. The molecule has 0 N–H and O–H groups in total. The number of likely N-dealkylation sites (N-methyl/N-ethyl adjacent to an activating group) is 1. The van der Waals surface area contributed by atoms with Crippen molar-refractivity contribution in [3.8, 4) is 0 Å². The second-order valence-electron chi connectivity index (χ2n) is 7.15. The first-order chi connectivity index (χ1) is 12.5. The van der Waals surface area contributed by atoms with E-state index in [2.05, 4.69) is 40.0 Å². The second kappa shape index (κ2) is 7.08. The summed E-state index contributed by atoms with van der Waals surface area (Å²) in [6, 6.07) is 15.4. The van der Waals surface area contributed by atoms with Crippen molar-refractivity contribution in [1.29, 1.82) is 0 Å². The van der Waals surface area contributed by atoms with Gasteiger partial charge in [-0.2, -0.15) is 4.31 Å². The van der Waals surface area contributed by atoms with Crippen LogP contribution >= 0.6 is 15.9 Å². The van der Waals surface area contributed by atoms with Gasteiger partial charge in [0.1, 0.15) is 0 Å². The lowest BCUT2D eigenvalue weighted by atomic mass is 9.89. The summed E-state index contributed by atoms with van der Waals surface area (Å²) in [7, 11) is -1.44. The van der Waals surface area contributed by atoms with Gasteiger partial charge in [0.05, 0.1) is 10.9 Å². The Labute approximate surface area is 164 Å². The molecule has 26 heavy (non-hydrogen) atoms. The van der Waals surface area contributed by atoms with Gasteiger partial charge in [-0.15, -0.1) is 0 Å². The highest BCUT2D eigenvalue weighted by Crippen LogP contribution is 2.40. The monoisotopic (exact) mass is 434 g/mol. The number of halogens is 1. The third-order valence-electron chi connectivity index (χ3n) is 5.65. The molecule has 2 unspecified atom stereocenters. The van der Waals surface area contributed by atoms with Crippen LogP contribution < -0.4 is 0 Å². The van der Waals surface area contributed by atoms with Gasteiger partial charge in [-0.25, -0.2) is 8.42 Å². The Balaban J connectivity index is 1.80. The second-order valence-corrected chi connectivity index (χ2v) is 9.96. The smallest absolute Gasteiger partial charge is 0.243 e. The van der Waals surface area contributed by atoms with Crippen molar-refractivity contribution in [3.63, 3.8) is 0 Å². The van der Waals surface area contributed by atoms with Crippen LogP contribution in [0.2, 0.25) is 0 Å². The molecule has 0 spiro atoms. The maximum absolute atomic E-state index is 13.5. The fourth-order valence-electron chi connectivity index (χ4n) is 4.32. The van der Waals surface area contributed by atoms with Crippen LogP contribution in [-0.4, -0.2) is 43.8 Å². The van der Waals surface area contributed by atoms with Crippen molar-refractivity contribution < 1.29 is 8.42 Å². The molecule has 2 heterocycles. The van der Waals surface area contributed by atoms with Gasteiger partial charge >= 0.3 is 0 Å². The first-order valence-electron chi connectivity index (χ1n) is 9.04. The lowest BCUT2D eigenvalue weighted by Crippen LogP contribution is -2.48. The summed E-state index contributed by atoms with van der Waals surface area (Å²) < 4.78 is 29.6. The van der Waals surface area contributed by atoms with Gasteiger partial charge in [-0.3, -0.25) is 0 Å². The predicted molar refractivity (Wildman–Crippen MR) is 107 cm³/mol. The van der Waals surface area contributed by atoms with Crippen LogP contribution in [0.1, 0.15) is 30.0 Å². The molecule has 2 aliphatic heterocycles. The maximum Gasteiger partial charge on any atom is 0.243 e. The largest absolute Gasteiger partial charge is 0.301 e. The zero-order valence-corrected chi connectivity index (χ0v) is 17.2. The fourth-order valence-corrected chi connectivity index (χ4v) is 6.22. The molecular weight excluding hydrogens is 412 g/mol. The van der Waals surface area contributed by atoms with E-state index < -0.39 is 10.0 Å². The van der Waals surface area contributed by atoms with Crippen LogP contribution in [0.4, 0.5) is 0 Å². The Kier molecular flexibility index (Phi) is 4.94. The molecule has 1 fully saturated rings. The van der Waals surface area contributed by atoms with E-state index in [-0.39, 0.29) is 12.1 Å². The zero-order valence-electron chi connectivity index (χ0n) is 14.8. The molecule has 2 atom stereocenters. The van der Waals surface area contributed by atoms with Crippen molar-refractivity contribution in [1.82, 2.24) is 9.21 Å². The predicted octanol–water partition coefficient (Wildman–Crippen LogP) is 3.83. The van der Waals surface area contributed by atoms with Crippen LogP contribution in [0.5, 0.6) is 0 Å². The molecule has 4 rings (SSSR count). The van der Waals surface area contributed by atoms with Crippen molar-refractivity contribution in [2.75, 3.05) is 20.1 Å². The molecule has 2 aromatic rings. The minimum absolute atomic E-state index is 0.124. The summed E-state index contributed by atoms with van der Waals surface area (Å²) in [6.07, 6.45) is 2.91. The topological polar surface area (TPSA) is 40.6 Å². The van der Waals surface area contributed by atoms with Gasteiger partial charge in [0.25, 0.3) is 0 Å². The minimum Gasteiger partial charge on any atom is -0.301 e. The third kappa shape index (κ3) is 3.13. The zero-order chi connectivity index (χ0) is 18.3. The van der Waals surface area contributed by atoms with Crippen molar-refractivity contribution in [2.24, 2.45) is 0 Å². The van der Waals surface area contributed by atoms with Gasteiger partial charge in [0.2, 0.25) is 10.0 Å². The summed E-state index contributed by atoms with van der Waals surface area (Å²) in [5.74, 6) is 0. The van der Waals surface area contributed by atoms with Crippen LogP contribution in [-0.2, 0) is 16.4 Å². The summed E-state index contributed by atoms with van der Waals surface area (Å²) in [6.45, 7) is 1.56. The van der Waals surface area contributed by atoms with Gasteiger partial charge in [-0.1, -0.05) is 40.2 Å². The van der Waals surface area contributed by atoms with E-state index in [1.807, 2.05) is 12.1 Å². The first kappa shape index (κ1) is 18.2. The summed E-state index contributed by atoms with van der Waals surface area (Å²) >= 11 is 3.39. The highest BCUT2D eigenvalue weighted by atomic mass is 79.9. The van der Waals surface area contributed by atoms with Crippen LogP contribution in [0.25, 0.3) is 0 Å².